The maximum absolute atomic E-state index is 8.80. The largest absolute Gasteiger partial charge is 0.508 e. The van der Waals surface area contributed by atoms with Crippen molar-refractivity contribution in [3.8, 4) is 0 Å². The third kappa shape index (κ3) is 2.20. The van der Waals surface area contributed by atoms with Gasteiger partial charge in [-0.2, -0.15) is 0 Å². The summed E-state index contributed by atoms with van der Waals surface area (Å²) in [5, 5.41) is 17.9. The summed E-state index contributed by atoms with van der Waals surface area (Å²) in [6.45, 7) is 1.96. The molecule has 0 bridgehead atoms. The van der Waals surface area contributed by atoms with Crippen molar-refractivity contribution in [3.63, 3.8) is 0 Å². The van der Waals surface area contributed by atoms with Gasteiger partial charge in [0.05, 0.1) is 5.59 Å². The van der Waals surface area contributed by atoms with Crippen molar-refractivity contribution in [1.82, 2.24) is 4.98 Å². The van der Waals surface area contributed by atoms with Gasteiger partial charge in [-0.25, -0.2) is 4.98 Å². The highest BCUT2D eigenvalue weighted by Crippen LogP contribution is 2.06. The molecule has 0 aliphatic carbocycles. The lowest BCUT2D eigenvalue weighted by atomic mass is 9.85. The maximum atomic E-state index is 8.80. The standard InChI is InChI=1S/C7H9BClNO2/c1-2-5-3-6(8(11)12)10-7(9)4-5/h3-4,11-12H,2H2,1H3. The number of halogens is 1. The number of pyridine rings is 1. The van der Waals surface area contributed by atoms with E-state index in [0.29, 0.717) is 0 Å². The van der Waals surface area contributed by atoms with E-state index in [1.807, 2.05) is 6.92 Å². The number of rotatable bonds is 2. The van der Waals surface area contributed by atoms with Crippen LogP contribution in [0.1, 0.15) is 12.5 Å². The van der Waals surface area contributed by atoms with Gasteiger partial charge in [0.15, 0.2) is 0 Å². The summed E-state index contributed by atoms with van der Waals surface area (Å²) < 4.78 is 0. The van der Waals surface area contributed by atoms with E-state index in [0.717, 1.165) is 12.0 Å². The quantitative estimate of drug-likeness (QED) is 0.503. The second kappa shape index (κ2) is 3.89. The Labute approximate surface area is 76.2 Å². The summed E-state index contributed by atoms with van der Waals surface area (Å²) in [7, 11) is -1.55. The maximum Gasteiger partial charge on any atom is 0.508 e. The van der Waals surface area contributed by atoms with Crippen LogP contribution in [0.3, 0.4) is 0 Å². The van der Waals surface area contributed by atoms with Gasteiger partial charge in [0.2, 0.25) is 0 Å². The topological polar surface area (TPSA) is 53.4 Å². The van der Waals surface area contributed by atoms with Crippen molar-refractivity contribution in [2.75, 3.05) is 0 Å². The van der Waals surface area contributed by atoms with Gasteiger partial charge in [0, 0.05) is 0 Å². The van der Waals surface area contributed by atoms with Gasteiger partial charge in [-0.15, -0.1) is 0 Å². The molecule has 2 N–H and O–H groups in total. The van der Waals surface area contributed by atoms with Gasteiger partial charge in [0.1, 0.15) is 5.15 Å². The molecule has 12 heavy (non-hydrogen) atoms. The molecule has 1 heterocycles. The molecule has 0 spiro atoms. The molecular weight excluding hydrogens is 176 g/mol. The highest BCUT2D eigenvalue weighted by Gasteiger charge is 2.13. The molecule has 1 rings (SSSR count). The van der Waals surface area contributed by atoms with Crippen molar-refractivity contribution in [3.05, 3.63) is 22.8 Å². The first-order valence-electron chi connectivity index (χ1n) is 3.66. The number of hydrogen-bond acceptors (Lipinski definition) is 3. The molecule has 0 aromatic carbocycles. The Morgan fingerprint density at radius 3 is 2.67 bits per heavy atom. The van der Waals surface area contributed by atoms with E-state index >= 15 is 0 Å². The van der Waals surface area contributed by atoms with Gasteiger partial charge in [-0.1, -0.05) is 18.5 Å². The van der Waals surface area contributed by atoms with Crippen LogP contribution in [0, 0.1) is 0 Å². The highest BCUT2D eigenvalue weighted by atomic mass is 35.5. The fourth-order valence-electron chi connectivity index (χ4n) is 0.909. The van der Waals surface area contributed by atoms with Crippen LogP contribution in [0.2, 0.25) is 5.15 Å². The van der Waals surface area contributed by atoms with Crippen LogP contribution < -0.4 is 5.59 Å². The Balaban J connectivity index is 3.06. The molecule has 0 radical (unpaired) electrons. The molecule has 0 fully saturated rings. The Morgan fingerprint density at radius 1 is 1.50 bits per heavy atom. The minimum Gasteiger partial charge on any atom is -0.422 e. The Morgan fingerprint density at radius 2 is 2.17 bits per heavy atom. The molecule has 5 heteroatoms. The Hall–Kier alpha value is -0.575. The highest BCUT2D eigenvalue weighted by molar-refractivity contribution is 6.57. The molecule has 0 aliphatic heterocycles. The summed E-state index contributed by atoms with van der Waals surface area (Å²) in [6.07, 6.45) is 0.794. The summed E-state index contributed by atoms with van der Waals surface area (Å²) >= 11 is 5.64. The number of aromatic nitrogens is 1. The summed E-state index contributed by atoms with van der Waals surface area (Å²) in [5.41, 5.74) is 1.14. The molecule has 3 nitrogen and oxygen atoms in total. The SMILES string of the molecule is CCc1cc(Cl)nc(B(O)O)c1. The molecule has 0 saturated carbocycles. The fourth-order valence-corrected chi connectivity index (χ4v) is 1.15. The van der Waals surface area contributed by atoms with E-state index in [-0.39, 0.29) is 10.7 Å². The fraction of sp³-hybridized carbons (Fsp3) is 0.286. The average Bonchev–Trinajstić information content (AvgIpc) is 2.03. The predicted octanol–water partition coefficient (Wildman–Crippen LogP) is -0.0228. The number of nitrogens with zero attached hydrogens (tertiary/aromatic N) is 1. The minimum absolute atomic E-state index is 0.194. The van der Waals surface area contributed by atoms with Crippen LogP contribution >= 0.6 is 11.6 Å². The number of aryl methyl sites for hydroxylation is 1. The van der Waals surface area contributed by atoms with Crippen molar-refractivity contribution in [1.29, 1.82) is 0 Å². The zero-order valence-corrected chi connectivity index (χ0v) is 7.41. The van der Waals surface area contributed by atoms with Crippen LogP contribution in [-0.4, -0.2) is 22.2 Å². The first kappa shape index (κ1) is 9.51. The zero-order chi connectivity index (χ0) is 9.14. The van der Waals surface area contributed by atoms with E-state index in [1.165, 1.54) is 0 Å². The second-order valence-electron chi connectivity index (χ2n) is 2.45. The summed E-state index contributed by atoms with van der Waals surface area (Å²) in [6, 6.07) is 3.32. The predicted molar refractivity (Wildman–Crippen MR) is 48.5 cm³/mol. The number of hydrogen-bond donors (Lipinski definition) is 2. The normalized spacial score (nSPS) is 10.0. The van der Waals surface area contributed by atoms with Crippen molar-refractivity contribution < 1.29 is 10.0 Å². The van der Waals surface area contributed by atoms with Gasteiger partial charge in [-0.3, -0.25) is 0 Å². The molecule has 0 saturated heterocycles. The Bertz CT molecular complexity index is 280. The van der Waals surface area contributed by atoms with E-state index in [9.17, 15) is 0 Å². The smallest absolute Gasteiger partial charge is 0.422 e. The van der Waals surface area contributed by atoms with Gasteiger partial charge >= 0.3 is 7.12 Å². The molecule has 0 atom stereocenters. The molecule has 1 aromatic rings. The lowest BCUT2D eigenvalue weighted by Crippen LogP contribution is -2.33. The van der Waals surface area contributed by atoms with Crippen molar-refractivity contribution >= 4 is 24.3 Å². The third-order valence-electron chi connectivity index (χ3n) is 1.55. The molecule has 0 amide bonds. The van der Waals surface area contributed by atoms with Crippen molar-refractivity contribution in [2.24, 2.45) is 0 Å². The minimum atomic E-state index is -1.55. The van der Waals surface area contributed by atoms with Crippen LogP contribution in [0.5, 0.6) is 0 Å². The van der Waals surface area contributed by atoms with Crippen LogP contribution in [0.25, 0.3) is 0 Å². The van der Waals surface area contributed by atoms with Crippen molar-refractivity contribution in [2.45, 2.75) is 13.3 Å². The Kier molecular flexibility index (Phi) is 3.09. The molecular formula is C7H9BClNO2. The van der Waals surface area contributed by atoms with Crippen LogP contribution in [0.15, 0.2) is 12.1 Å². The zero-order valence-electron chi connectivity index (χ0n) is 6.66. The molecule has 1 aromatic heterocycles. The first-order chi connectivity index (χ1) is 5.63. The van der Waals surface area contributed by atoms with E-state index < -0.39 is 7.12 Å². The van der Waals surface area contributed by atoms with Gasteiger partial charge in [-0.05, 0) is 24.1 Å². The third-order valence-corrected chi connectivity index (χ3v) is 1.74. The molecule has 0 unspecified atom stereocenters. The summed E-state index contributed by atoms with van der Waals surface area (Å²) in [4.78, 5) is 3.75. The molecule has 0 aliphatic rings. The van der Waals surface area contributed by atoms with E-state index in [4.69, 9.17) is 21.6 Å². The summed E-state index contributed by atoms with van der Waals surface area (Å²) in [5.74, 6) is 0. The second-order valence-corrected chi connectivity index (χ2v) is 2.84. The molecule has 64 valence electrons. The van der Waals surface area contributed by atoms with Crippen LogP contribution in [-0.2, 0) is 6.42 Å². The van der Waals surface area contributed by atoms with Gasteiger partial charge < -0.3 is 10.0 Å². The van der Waals surface area contributed by atoms with E-state index in [1.54, 1.807) is 12.1 Å². The van der Waals surface area contributed by atoms with Crippen LogP contribution in [0.4, 0.5) is 0 Å². The van der Waals surface area contributed by atoms with E-state index in [2.05, 4.69) is 4.98 Å². The first-order valence-corrected chi connectivity index (χ1v) is 4.03. The lowest BCUT2D eigenvalue weighted by Gasteiger charge is -2.02. The average molecular weight is 185 g/mol. The monoisotopic (exact) mass is 185 g/mol. The van der Waals surface area contributed by atoms with Gasteiger partial charge in [0.25, 0.3) is 0 Å². The lowest BCUT2D eigenvalue weighted by molar-refractivity contribution is 0.424.